The summed E-state index contributed by atoms with van der Waals surface area (Å²) in [5, 5.41) is 3.29. The molecule has 1 N–H and O–H groups in total. The van der Waals surface area contributed by atoms with Crippen molar-refractivity contribution < 1.29 is 13.9 Å². The number of hydrogen-bond acceptors (Lipinski definition) is 3. The van der Waals surface area contributed by atoms with Crippen molar-refractivity contribution in [1.29, 1.82) is 0 Å². The van der Waals surface area contributed by atoms with E-state index in [0.29, 0.717) is 18.0 Å². The van der Waals surface area contributed by atoms with Gasteiger partial charge in [0.15, 0.2) is 0 Å². The Morgan fingerprint density at radius 3 is 2.71 bits per heavy atom. The molecule has 0 saturated heterocycles. The highest BCUT2D eigenvalue weighted by Crippen LogP contribution is 2.41. The smallest absolute Gasteiger partial charge is 0.331 e. The zero-order chi connectivity index (χ0) is 15.6. The van der Waals surface area contributed by atoms with E-state index in [4.69, 9.17) is 4.74 Å². The van der Waals surface area contributed by atoms with Gasteiger partial charge in [-0.05, 0) is 48.9 Å². The molecule has 1 aromatic carbocycles. The molecule has 0 heterocycles. The number of methoxy groups -OCH3 is 1. The third-order valence-corrected chi connectivity index (χ3v) is 4.82. The number of ether oxygens (including phenoxy) is 1. The van der Waals surface area contributed by atoms with Crippen LogP contribution in [0.3, 0.4) is 0 Å². The molecule has 3 unspecified atom stereocenters. The van der Waals surface area contributed by atoms with Crippen molar-refractivity contribution in [3.05, 3.63) is 29.6 Å². The molecule has 3 atom stereocenters. The second-order valence-corrected chi connectivity index (χ2v) is 6.26. The fourth-order valence-electron chi connectivity index (χ4n) is 3.43. The molecule has 0 aromatic heterocycles. The number of halogens is 1. The molecule has 1 aromatic rings. The van der Waals surface area contributed by atoms with Crippen molar-refractivity contribution in [3.63, 3.8) is 0 Å². The average molecular weight is 293 g/mol. The number of esters is 1. The van der Waals surface area contributed by atoms with E-state index >= 15 is 0 Å². The van der Waals surface area contributed by atoms with Gasteiger partial charge in [-0.1, -0.05) is 26.7 Å². The van der Waals surface area contributed by atoms with Crippen LogP contribution < -0.4 is 5.32 Å². The zero-order valence-electron chi connectivity index (χ0n) is 13.2. The highest BCUT2D eigenvalue weighted by Gasteiger charge is 2.48. The minimum atomic E-state index is -0.771. The lowest BCUT2D eigenvalue weighted by Gasteiger charge is -2.44. The Balaban J connectivity index is 2.38. The number of carbonyl (C=O) groups excluding carboxylic acids is 1. The maximum absolute atomic E-state index is 13.6. The standard InChI is InChI=1S/C17H24FNO2/c1-11-8-14(18)10-15(9-11)19-17(16(20)21-4)7-5-6-12(2)13(17)3/h8-10,12-13,19H,5-7H2,1-4H3. The first-order valence-corrected chi connectivity index (χ1v) is 7.53. The topological polar surface area (TPSA) is 38.3 Å². The van der Waals surface area contributed by atoms with Crippen molar-refractivity contribution in [2.75, 3.05) is 12.4 Å². The van der Waals surface area contributed by atoms with Crippen LogP contribution in [0.2, 0.25) is 0 Å². The molecule has 0 amide bonds. The zero-order valence-corrected chi connectivity index (χ0v) is 13.2. The molecule has 4 heteroatoms. The lowest BCUT2D eigenvalue weighted by atomic mass is 9.68. The van der Waals surface area contributed by atoms with E-state index in [2.05, 4.69) is 19.2 Å². The molecule has 1 aliphatic carbocycles. The normalized spacial score (nSPS) is 29.0. The quantitative estimate of drug-likeness (QED) is 0.859. The summed E-state index contributed by atoms with van der Waals surface area (Å²) in [6, 6.07) is 4.77. The summed E-state index contributed by atoms with van der Waals surface area (Å²) in [6.45, 7) is 6.06. The highest BCUT2D eigenvalue weighted by atomic mass is 19.1. The van der Waals surface area contributed by atoms with Crippen LogP contribution in [0.1, 0.15) is 38.7 Å². The summed E-state index contributed by atoms with van der Waals surface area (Å²) in [5.41, 5.74) is 0.694. The van der Waals surface area contributed by atoms with Crippen LogP contribution in [0, 0.1) is 24.6 Å². The van der Waals surface area contributed by atoms with E-state index in [1.165, 1.54) is 19.2 Å². The van der Waals surface area contributed by atoms with Crippen LogP contribution in [0.25, 0.3) is 0 Å². The third-order valence-electron chi connectivity index (χ3n) is 4.82. The Labute approximate surface area is 125 Å². The first kappa shape index (κ1) is 15.8. The lowest BCUT2D eigenvalue weighted by Crippen LogP contribution is -2.56. The van der Waals surface area contributed by atoms with Crippen LogP contribution in [-0.4, -0.2) is 18.6 Å². The van der Waals surface area contributed by atoms with Crippen molar-refractivity contribution in [2.45, 2.75) is 45.6 Å². The van der Waals surface area contributed by atoms with Gasteiger partial charge in [-0.3, -0.25) is 0 Å². The maximum atomic E-state index is 13.6. The molecule has 1 fully saturated rings. The summed E-state index contributed by atoms with van der Waals surface area (Å²) in [4.78, 5) is 12.4. The van der Waals surface area contributed by atoms with Gasteiger partial charge >= 0.3 is 5.97 Å². The van der Waals surface area contributed by atoms with Crippen molar-refractivity contribution >= 4 is 11.7 Å². The fraction of sp³-hybridized carbons (Fsp3) is 0.588. The fourth-order valence-corrected chi connectivity index (χ4v) is 3.43. The number of anilines is 1. The van der Waals surface area contributed by atoms with Gasteiger partial charge < -0.3 is 10.1 Å². The lowest BCUT2D eigenvalue weighted by molar-refractivity contribution is -0.150. The molecule has 2 rings (SSSR count). The largest absolute Gasteiger partial charge is 0.467 e. The van der Waals surface area contributed by atoms with Crippen molar-refractivity contribution in [3.8, 4) is 0 Å². The van der Waals surface area contributed by atoms with E-state index < -0.39 is 5.54 Å². The van der Waals surface area contributed by atoms with Crippen LogP contribution in [0.15, 0.2) is 18.2 Å². The number of nitrogens with one attached hydrogen (secondary N) is 1. The number of carbonyl (C=O) groups is 1. The van der Waals surface area contributed by atoms with Crippen LogP contribution in [0.4, 0.5) is 10.1 Å². The minimum Gasteiger partial charge on any atom is -0.467 e. The maximum Gasteiger partial charge on any atom is 0.331 e. The van der Waals surface area contributed by atoms with Gasteiger partial charge in [0.1, 0.15) is 11.4 Å². The van der Waals surface area contributed by atoms with E-state index in [-0.39, 0.29) is 17.7 Å². The first-order valence-electron chi connectivity index (χ1n) is 7.53. The Bertz CT molecular complexity index is 511. The third kappa shape index (κ3) is 3.04. The second-order valence-electron chi connectivity index (χ2n) is 6.26. The van der Waals surface area contributed by atoms with Crippen molar-refractivity contribution in [1.82, 2.24) is 0 Å². The Morgan fingerprint density at radius 1 is 1.38 bits per heavy atom. The number of aryl methyl sites for hydroxylation is 1. The SMILES string of the molecule is COC(=O)C1(Nc2cc(C)cc(F)c2)CCCC(C)C1C. The number of hydrogen-bond donors (Lipinski definition) is 1. The van der Waals surface area contributed by atoms with E-state index in [0.717, 1.165) is 18.4 Å². The summed E-state index contributed by atoms with van der Waals surface area (Å²) in [7, 11) is 1.41. The molecule has 0 spiro atoms. The minimum absolute atomic E-state index is 0.127. The van der Waals surface area contributed by atoms with Gasteiger partial charge in [-0.25, -0.2) is 9.18 Å². The molecule has 21 heavy (non-hydrogen) atoms. The molecule has 116 valence electrons. The average Bonchev–Trinajstić information content (AvgIpc) is 2.42. The number of rotatable bonds is 3. The van der Waals surface area contributed by atoms with Gasteiger partial charge in [0.2, 0.25) is 0 Å². The highest BCUT2D eigenvalue weighted by molar-refractivity contribution is 5.85. The molecule has 0 radical (unpaired) electrons. The van der Waals surface area contributed by atoms with Gasteiger partial charge in [-0.2, -0.15) is 0 Å². The van der Waals surface area contributed by atoms with Crippen LogP contribution in [0.5, 0.6) is 0 Å². The molecule has 0 aliphatic heterocycles. The van der Waals surface area contributed by atoms with Gasteiger partial charge in [0.05, 0.1) is 7.11 Å². The Kier molecular flexibility index (Phi) is 4.55. The van der Waals surface area contributed by atoms with E-state index in [1.54, 1.807) is 0 Å². The van der Waals surface area contributed by atoms with Gasteiger partial charge in [0, 0.05) is 5.69 Å². The summed E-state index contributed by atoms with van der Waals surface area (Å²) in [6.07, 6.45) is 2.77. The predicted octanol–water partition coefficient (Wildman–Crippen LogP) is 3.91. The summed E-state index contributed by atoms with van der Waals surface area (Å²) in [5.74, 6) is -0.0141. The van der Waals surface area contributed by atoms with Gasteiger partial charge in [0.25, 0.3) is 0 Å². The van der Waals surface area contributed by atoms with E-state index in [9.17, 15) is 9.18 Å². The monoisotopic (exact) mass is 293 g/mol. The number of benzene rings is 1. The van der Waals surface area contributed by atoms with Crippen LogP contribution >= 0.6 is 0 Å². The Morgan fingerprint density at radius 2 is 2.10 bits per heavy atom. The molecular formula is C17H24FNO2. The Hall–Kier alpha value is -1.58. The second kappa shape index (κ2) is 6.04. The summed E-state index contributed by atoms with van der Waals surface area (Å²) >= 11 is 0. The van der Waals surface area contributed by atoms with Crippen LogP contribution in [-0.2, 0) is 9.53 Å². The first-order chi connectivity index (χ1) is 9.89. The van der Waals surface area contributed by atoms with E-state index in [1.807, 2.05) is 13.0 Å². The summed E-state index contributed by atoms with van der Waals surface area (Å²) < 4.78 is 18.7. The molecule has 1 saturated carbocycles. The predicted molar refractivity (Wildman–Crippen MR) is 81.7 cm³/mol. The molecule has 3 nitrogen and oxygen atoms in total. The van der Waals surface area contributed by atoms with Gasteiger partial charge in [-0.15, -0.1) is 0 Å². The molecule has 1 aliphatic rings. The van der Waals surface area contributed by atoms with Crippen molar-refractivity contribution in [2.24, 2.45) is 11.8 Å². The molecule has 0 bridgehead atoms. The molecular weight excluding hydrogens is 269 g/mol.